The molecule has 0 bridgehead atoms. The zero-order valence-electron chi connectivity index (χ0n) is 9.29. The third-order valence-electron chi connectivity index (χ3n) is 3.63. The van der Waals surface area contributed by atoms with Gasteiger partial charge in [-0.15, -0.1) is 0 Å². The van der Waals surface area contributed by atoms with Gasteiger partial charge in [-0.3, -0.25) is 4.79 Å². The van der Waals surface area contributed by atoms with Gasteiger partial charge in [0.25, 0.3) is 0 Å². The number of amides is 1. The highest BCUT2D eigenvalue weighted by molar-refractivity contribution is 5.82. The average Bonchev–Trinajstić information content (AvgIpc) is 2.78. The van der Waals surface area contributed by atoms with Crippen molar-refractivity contribution in [3.63, 3.8) is 0 Å². The van der Waals surface area contributed by atoms with Gasteiger partial charge in [0, 0.05) is 13.7 Å². The van der Waals surface area contributed by atoms with Crippen molar-refractivity contribution in [2.45, 2.75) is 25.3 Å². The standard InChI is InChI=1S/C11H20N2O2/c1-15-6-5-12-11(14)10-9-4-2-3-8(9)7-13-10/h8-10,13H,2-7H2,1H3,(H,12,14). The molecule has 0 aromatic heterocycles. The summed E-state index contributed by atoms with van der Waals surface area (Å²) in [5.74, 6) is 1.47. The van der Waals surface area contributed by atoms with Crippen LogP contribution < -0.4 is 10.6 Å². The maximum atomic E-state index is 11.8. The fraction of sp³-hybridized carbons (Fsp3) is 0.909. The third-order valence-corrected chi connectivity index (χ3v) is 3.63. The monoisotopic (exact) mass is 212 g/mol. The topological polar surface area (TPSA) is 50.4 Å². The molecule has 2 rings (SSSR count). The maximum Gasteiger partial charge on any atom is 0.237 e. The average molecular weight is 212 g/mol. The Morgan fingerprint density at radius 1 is 1.53 bits per heavy atom. The first-order valence-corrected chi connectivity index (χ1v) is 5.83. The van der Waals surface area contributed by atoms with E-state index >= 15 is 0 Å². The first-order chi connectivity index (χ1) is 7.33. The Labute approximate surface area is 90.8 Å². The SMILES string of the molecule is COCCNC(=O)C1NCC2CCCC21. The van der Waals surface area contributed by atoms with E-state index in [1.165, 1.54) is 19.3 Å². The van der Waals surface area contributed by atoms with E-state index in [0.717, 1.165) is 12.5 Å². The molecule has 86 valence electrons. The van der Waals surface area contributed by atoms with Crippen LogP contribution in [0.5, 0.6) is 0 Å². The molecule has 1 saturated carbocycles. The molecule has 2 aliphatic rings. The molecule has 0 spiro atoms. The zero-order chi connectivity index (χ0) is 10.7. The minimum atomic E-state index is 0.0503. The second kappa shape index (κ2) is 4.94. The minimum absolute atomic E-state index is 0.0503. The number of hydrogen-bond donors (Lipinski definition) is 2. The van der Waals surface area contributed by atoms with Gasteiger partial charge in [-0.2, -0.15) is 0 Å². The van der Waals surface area contributed by atoms with Crippen molar-refractivity contribution >= 4 is 5.91 Å². The lowest BCUT2D eigenvalue weighted by Gasteiger charge is -2.17. The van der Waals surface area contributed by atoms with Gasteiger partial charge in [0.2, 0.25) is 5.91 Å². The van der Waals surface area contributed by atoms with Gasteiger partial charge >= 0.3 is 0 Å². The molecular weight excluding hydrogens is 192 g/mol. The van der Waals surface area contributed by atoms with Crippen molar-refractivity contribution in [3.05, 3.63) is 0 Å². The lowest BCUT2D eigenvalue weighted by molar-refractivity contribution is -0.123. The summed E-state index contributed by atoms with van der Waals surface area (Å²) < 4.78 is 4.91. The van der Waals surface area contributed by atoms with Crippen LogP contribution in [0.3, 0.4) is 0 Å². The van der Waals surface area contributed by atoms with Crippen molar-refractivity contribution < 1.29 is 9.53 Å². The molecule has 4 nitrogen and oxygen atoms in total. The van der Waals surface area contributed by atoms with Crippen molar-refractivity contribution in [2.75, 3.05) is 26.8 Å². The van der Waals surface area contributed by atoms with E-state index in [1.54, 1.807) is 7.11 Å². The highest BCUT2D eigenvalue weighted by atomic mass is 16.5. The molecule has 1 aliphatic heterocycles. The Morgan fingerprint density at radius 2 is 2.40 bits per heavy atom. The summed E-state index contributed by atoms with van der Waals surface area (Å²) in [4.78, 5) is 11.8. The van der Waals surface area contributed by atoms with Gasteiger partial charge in [0.1, 0.15) is 0 Å². The summed E-state index contributed by atoms with van der Waals surface area (Å²) in [6, 6.07) is 0.0503. The highest BCUT2D eigenvalue weighted by Crippen LogP contribution is 2.37. The Hall–Kier alpha value is -0.610. The number of ether oxygens (including phenoxy) is 1. The van der Waals surface area contributed by atoms with E-state index in [4.69, 9.17) is 4.74 Å². The molecule has 15 heavy (non-hydrogen) atoms. The van der Waals surface area contributed by atoms with Crippen LogP contribution in [0.25, 0.3) is 0 Å². The second-order valence-corrected chi connectivity index (χ2v) is 4.52. The molecule has 1 aliphatic carbocycles. The molecule has 4 heteroatoms. The molecule has 2 fully saturated rings. The van der Waals surface area contributed by atoms with Crippen LogP contribution in [0.15, 0.2) is 0 Å². The normalized spacial score (nSPS) is 34.1. The van der Waals surface area contributed by atoms with Gasteiger partial charge < -0.3 is 15.4 Å². The van der Waals surface area contributed by atoms with Crippen LogP contribution in [0.1, 0.15) is 19.3 Å². The Balaban J connectivity index is 1.80. The summed E-state index contributed by atoms with van der Waals surface area (Å²) in [7, 11) is 1.65. The van der Waals surface area contributed by atoms with Crippen molar-refractivity contribution in [3.8, 4) is 0 Å². The van der Waals surface area contributed by atoms with Gasteiger partial charge in [-0.1, -0.05) is 6.42 Å². The van der Waals surface area contributed by atoms with Gasteiger partial charge in [0.15, 0.2) is 0 Å². The van der Waals surface area contributed by atoms with Gasteiger partial charge in [0.05, 0.1) is 12.6 Å². The van der Waals surface area contributed by atoms with E-state index in [1.807, 2.05) is 0 Å². The number of nitrogens with one attached hydrogen (secondary N) is 2. The first-order valence-electron chi connectivity index (χ1n) is 5.83. The Kier molecular flexibility index (Phi) is 3.59. The van der Waals surface area contributed by atoms with Crippen LogP contribution >= 0.6 is 0 Å². The number of fused-ring (bicyclic) bond motifs is 1. The van der Waals surface area contributed by atoms with Crippen molar-refractivity contribution in [2.24, 2.45) is 11.8 Å². The first kappa shape index (κ1) is 10.9. The molecule has 0 aromatic rings. The lowest BCUT2D eigenvalue weighted by Crippen LogP contribution is -2.44. The largest absolute Gasteiger partial charge is 0.383 e. The molecule has 2 N–H and O–H groups in total. The van der Waals surface area contributed by atoms with Crippen LogP contribution in [-0.4, -0.2) is 38.8 Å². The molecule has 0 aromatic carbocycles. The maximum absolute atomic E-state index is 11.8. The van der Waals surface area contributed by atoms with E-state index in [9.17, 15) is 4.79 Å². The smallest absolute Gasteiger partial charge is 0.237 e. The zero-order valence-corrected chi connectivity index (χ0v) is 9.29. The summed E-state index contributed by atoms with van der Waals surface area (Å²) in [6.07, 6.45) is 3.79. The van der Waals surface area contributed by atoms with Gasteiger partial charge in [-0.25, -0.2) is 0 Å². The molecular formula is C11H20N2O2. The number of rotatable bonds is 4. The molecule has 1 saturated heterocycles. The van der Waals surface area contributed by atoms with Crippen LogP contribution in [0, 0.1) is 11.8 Å². The minimum Gasteiger partial charge on any atom is -0.383 e. The quantitative estimate of drug-likeness (QED) is 0.652. The Morgan fingerprint density at radius 3 is 3.20 bits per heavy atom. The fourth-order valence-electron chi connectivity index (χ4n) is 2.86. The van der Waals surface area contributed by atoms with E-state index < -0.39 is 0 Å². The van der Waals surface area contributed by atoms with Crippen molar-refractivity contribution in [1.82, 2.24) is 10.6 Å². The highest BCUT2D eigenvalue weighted by Gasteiger charge is 2.42. The molecule has 3 atom stereocenters. The van der Waals surface area contributed by atoms with Crippen LogP contribution in [0.4, 0.5) is 0 Å². The second-order valence-electron chi connectivity index (χ2n) is 4.52. The van der Waals surface area contributed by atoms with E-state index in [0.29, 0.717) is 19.1 Å². The number of carbonyl (C=O) groups excluding carboxylic acids is 1. The lowest BCUT2D eigenvalue weighted by atomic mass is 9.94. The van der Waals surface area contributed by atoms with Gasteiger partial charge in [-0.05, 0) is 31.2 Å². The predicted molar refractivity (Wildman–Crippen MR) is 57.5 cm³/mol. The molecule has 0 radical (unpaired) electrons. The summed E-state index contributed by atoms with van der Waals surface area (Å²) in [6.45, 7) is 2.23. The fourth-order valence-corrected chi connectivity index (χ4v) is 2.86. The Bertz CT molecular complexity index is 233. The number of hydrogen-bond acceptors (Lipinski definition) is 3. The van der Waals surface area contributed by atoms with Crippen molar-refractivity contribution in [1.29, 1.82) is 0 Å². The van der Waals surface area contributed by atoms with E-state index in [2.05, 4.69) is 10.6 Å². The summed E-state index contributed by atoms with van der Waals surface area (Å²) in [5.41, 5.74) is 0. The van der Waals surface area contributed by atoms with Crippen LogP contribution in [-0.2, 0) is 9.53 Å². The number of carbonyl (C=O) groups is 1. The number of methoxy groups -OCH3 is 1. The third kappa shape index (κ3) is 2.32. The molecule has 1 amide bonds. The molecule has 1 heterocycles. The summed E-state index contributed by atoms with van der Waals surface area (Å²) >= 11 is 0. The van der Waals surface area contributed by atoms with Crippen LogP contribution in [0.2, 0.25) is 0 Å². The predicted octanol–water partition coefficient (Wildman–Crippen LogP) is 0.137. The summed E-state index contributed by atoms with van der Waals surface area (Å²) in [5, 5.41) is 6.24. The molecule has 3 unspecified atom stereocenters. The van der Waals surface area contributed by atoms with E-state index in [-0.39, 0.29) is 11.9 Å².